The van der Waals surface area contributed by atoms with E-state index in [9.17, 15) is 9.90 Å². The van der Waals surface area contributed by atoms with E-state index in [4.69, 9.17) is 0 Å². The number of hydrogen-bond donors (Lipinski definition) is 2. The molecule has 2 aromatic carbocycles. The van der Waals surface area contributed by atoms with Gasteiger partial charge in [0.2, 0.25) is 0 Å². The summed E-state index contributed by atoms with van der Waals surface area (Å²) < 4.78 is 0.973. The zero-order valence-electron chi connectivity index (χ0n) is 12.3. The molecule has 1 atom stereocenters. The van der Waals surface area contributed by atoms with Crippen molar-refractivity contribution in [1.82, 2.24) is 5.32 Å². The predicted molar refractivity (Wildman–Crippen MR) is 97.0 cm³/mol. The maximum Gasteiger partial charge on any atom is 0.256 e. The van der Waals surface area contributed by atoms with Crippen LogP contribution < -0.4 is 5.32 Å². The van der Waals surface area contributed by atoms with Gasteiger partial charge in [0, 0.05) is 17.4 Å². The minimum atomic E-state index is -1.55. The monoisotopic (exact) mass is 409 g/mol. The van der Waals surface area contributed by atoms with E-state index in [1.54, 1.807) is 12.1 Å². The highest BCUT2D eigenvalue weighted by molar-refractivity contribution is 14.1. The lowest BCUT2D eigenvalue weighted by Crippen LogP contribution is -2.46. The second-order valence-electron chi connectivity index (χ2n) is 5.19. The molecule has 2 aromatic rings. The van der Waals surface area contributed by atoms with E-state index < -0.39 is 5.60 Å². The largest absolute Gasteiger partial charge is 0.375 e. The van der Waals surface area contributed by atoms with Crippen LogP contribution in [0.3, 0.4) is 0 Å². The highest BCUT2D eigenvalue weighted by atomic mass is 127. The van der Waals surface area contributed by atoms with Gasteiger partial charge in [0.25, 0.3) is 5.91 Å². The normalized spacial score (nSPS) is 13.4. The average molecular weight is 409 g/mol. The van der Waals surface area contributed by atoms with Gasteiger partial charge in [0.15, 0.2) is 5.60 Å². The van der Waals surface area contributed by atoms with Crippen LogP contribution in [-0.2, 0) is 16.8 Å². The highest BCUT2D eigenvalue weighted by Crippen LogP contribution is 2.26. The summed E-state index contributed by atoms with van der Waals surface area (Å²) in [5, 5.41) is 13.9. The average Bonchev–Trinajstić information content (AvgIpc) is 2.56. The third-order valence-corrected chi connectivity index (χ3v) is 4.29. The maximum absolute atomic E-state index is 12.6. The molecular weight excluding hydrogens is 389 g/mol. The maximum atomic E-state index is 12.6. The molecule has 0 aromatic heterocycles. The Bertz CT molecular complexity index is 589. The summed E-state index contributed by atoms with van der Waals surface area (Å²) in [7, 11) is 0. The van der Waals surface area contributed by atoms with Gasteiger partial charge in [-0.25, -0.2) is 0 Å². The van der Waals surface area contributed by atoms with Crippen LogP contribution in [0.5, 0.6) is 0 Å². The van der Waals surface area contributed by atoms with E-state index in [1.807, 2.05) is 48.5 Å². The van der Waals surface area contributed by atoms with E-state index in [-0.39, 0.29) is 12.3 Å². The Kier molecular flexibility index (Phi) is 6.39. The molecule has 0 aliphatic carbocycles. The van der Waals surface area contributed by atoms with E-state index >= 15 is 0 Å². The molecule has 0 fully saturated rings. The molecule has 2 N–H and O–H groups in total. The van der Waals surface area contributed by atoms with Crippen LogP contribution in [0.15, 0.2) is 60.7 Å². The first-order chi connectivity index (χ1) is 10.7. The molecule has 116 valence electrons. The van der Waals surface area contributed by atoms with Gasteiger partial charge in [-0.1, -0.05) is 83.3 Å². The number of amides is 1. The van der Waals surface area contributed by atoms with Gasteiger partial charge in [-0.3, -0.25) is 4.79 Å². The highest BCUT2D eigenvalue weighted by Gasteiger charge is 2.37. The molecule has 0 heterocycles. The van der Waals surface area contributed by atoms with Crippen LogP contribution in [0.1, 0.15) is 17.5 Å². The second kappa shape index (κ2) is 8.29. The standard InChI is InChI=1S/C18H20INO2/c19-12-7-13-20-17(21)18(22,16-10-5-2-6-11-16)14-15-8-3-1-4-9-15/h1-6,8-11,22H,7,12-14H2,(H,20,21). The van der Waals surface area contributed by atoms with Gasteiger partial charge in [0.1, 0.15) is 0 Å². The predicted octanol–water partition coefficient (Wildman–Crippen LogP) is 3.06. The Hall–Kier alpha value is -1.40. The first-order valence-electron chi connectivity index (χ1n) is 7.33. The summed E-state index contributed by atoms with van der Waals surface area (Å²) in [6.07, 6.45) is 1.15. The van der Waals surface area contributed by atoms with Crippen molar-refractivity contribution in [2.75, 3.05) is 11.0 Å². The molecule has 0 radical (unpaired) electrons. The number of hydrogen-bond acceptors (Lipinski definition) is 2. The first kappa shape index (κ1) is 17.0. The number of halogens is 1. The van der Waals surface area contributed by atoms with Crippen LogP contribution >= 0.6 is 22.6 Å². The lowest BCUT2D eigenvalue weighted by atomic mass is 9.86. The van der Waals surface area contributed by atoms with Gasteiger partial charge in [-0.05, 0) is 17.5 Å². The molecule has 0 aliphatic heterocycles. The third kappa shape index (κ3) is 4.30. The second-order valence-corrected chi connectivity index (χ2v) is 6.27. The van der Waals surface area contributed by atoms with Crippen LogP contribution in [0, 0.1) is 0 Å². The van der Waals surface area contributed by atoms with Gasteiger partial charge < -0.3 is 10.4 Å². The van der Waals surface area contributed by atoms with Crippen LogP contribution in [0.4, 0.5) is 0 Å². The Morgan fingerprint density at radius 1 is 1.05 bits per heavy atom. The number of carbonyl (C=O) groups is 1. The molecule has 1 unspecified atom stereocenters. The van der Waals surface area contributed by atoms with Crippen LogP contribution in [0.2, 0.25) is 0 Å². The Labute approximate surface area is 144 Å². The number of rotatable bonds is 7. The minimum Gasteiger partial charge on any atom is -0.375 e. The van der Waals surface area contributed by atoms with Crippen molar-refractivity contribution in [1.29, 1.82) is 0 Å². The topological polar surface area (TPSA) is 49.3 Å². The lowest BCUT2D eigenvalue weighted by molar-refractivity contribution is -0.140. The Morgan fingerprint density at radius 3 is 2.23 bits per heavy atom. The van der Waals surface area contributed by atoms with E-state index in [0.29, 0.717) is 12.1 Å². The summed E-state index contributed by atoms with van der Waals surface area (Å²) in [5.41, 5.74) is -0.00262. The molecule has 1 amide bonds. The van der Waals surface area contributed by atoms with Gasteiger partial charge >= 0.3 is 0 Å². The summed E-state index contributed by atoms with van der Waals surface area (Å²) in [5.74, 6) is -0.340. The van der Waals surface area contributed by atoms with Crippen molar-refractivity contribution < 1.29 is 9.90 Å². The van der Waals surface area contributed by atoms with Crippen LogP contribution in [0.25, 0.3) is 0 Å². The fourth-order valence-corrected chi connectivity index (χ4v) is 2.71. The number of nitrogens with one attached hydrogen (secondary N) is 1. The summed E-state index contributed by atoms with van der Waals surface area (Å²) in [6.45, 7) is 0.575. The van der Waals surface area contributed by atoms with Gasteiger partial charge in [-0.2, -0.15) is 0 Å². The van der Waals surface area contributed by atoms with Gasteiger partial charge in [0.05, 0.1) is 0 Å². The quantitative estimate of drug-likeness (QED) is 0.420. The molecule has 2 rings (SSSR count). The third-order valence-electron chi connectivity index (χ3n) is 3.53. The molecule has 0 saturated heterocycles. The molecule has 0 saturated carbocycles. The SMILES string of the molecule is O=C(NCCCI)C(O)(Cc1ccccc1)c1ccccc1. The van der Waals surface area contributed by atoms with Crippen LogP contribution in [-0.4, -0.2) is 22.0 Å². The first-order valence-corrected chi connectivity index (χ1v) is 8.85. The van der Waals surface area contributed by atoms with E-state index in [2.05, 4.69) is 27.9 Å². The molecule has 0 aliphatic rings. The Balaban J connectivity index is 2.26. The summed E-state index contributed by atoms with van der Waals surface area (Å²) in [4.78, 5) is 12.6. The van der Waals surface area contributed by atoms with E-state index in [0.717, 1.165) is 16.4 Å². The molecule has 0 bridgehead atoms. The molecule has 22 heavy (non-hydrogen) atoms. The lowest BCUT2D eigenvalue weighted by Gasteiger charge is -2.27. The fourth-order valence-electron chi connectivity index (χ4n) is 2.33. The molecule has 4 heteroatoms. The smallest absolute Gasteiger partial charge is 0.256 e. The number of alkyl halides is 1. The zero-order valence-corrected chi connectivity index (χ0v) is 14.5. The van der Waals surface area contributed by atoms with Crippen molar-refractivity contribution in [3.8, 4) is 0 Å². The fraction of sp³-hybridized carbons (Fsp3) is 0.278. The van der Waals surface area contributed by atoms with Crippen molar-refractivity contribution in [2.24, 2.45) is 0 Å². The number of aliphatic hydroxyl groups is 1. The Morgan fingerprint density at radius 2 is 1.64 bits per heavy atom. The summed E-state index contributed by atoms with van der Waals surface area (Å²) in [6, 6.07) is 18.7. The zero-order chi connectivity index (χ0) is 15.8. The van der Waals surface area contributed by atoms with Crippen molar-refractivity contribution >= 4 is 28.5 Å². The van der Waals surface area contributed by atoms with Gasteiger partial charge in [-0.15, -0.1) is 0 Å². The number of carbonyl (C=O) groups excluding carboxylic acids is 1. The molecule has 3 nitrogen and oxygen atoms in total. The van der Waals surface area contributed by atoms with E-state index in [1.165, 1.54) is 0 Å². The van der Waals surface area contributed by atoms with Crippen molar-refractivity contribution in [2.45, 2.75) is 18.4 Å². The summed E-state index contributed by atoms with van der Waals surface area (Å²) >= 11 is 2.27. The minimum absolute atomic E-state index is 0.258. The van der Waals surface area contributed by atoms with Crippen molar-refractivity contribution in [3.63, 3.8) is 0 Å². The van der Waals surface area contributed by atoms with Crippen molar-refractivity contribution in [3.05, 3.63) is 71.8 Å². The molecular formula is C18H20INO2. The molecule has 0 spiro atoms. The number of benzene rings is 2.